The number of carbonyl (C=O) groups excluding carboxylic acids is 2. The zero-order chi connectivity index (χ0) is 22.4. The zero-order valence-corrected chi connectivity index (χ0v) is 18.6. The monoisotopic (exact) mass is 465 g/mol. The first kappa shape index (κ1) is 22.9. The molecule has 0 atom stereocenters. The summed E-state index contributed by atoms with van der Waals surface area (Å²) in [7, 11) is -3.79. The number of halogens is 1. The maximum absolute atomic E-state index is 12.5. The van der Waals surface area contributed by atoms with Gasteiger partial charge in [-0.2, -0.15) is 0 Å². The summed E-state index contributed by atoms with van der Waals surface area (Å²) in [5, 5.41) is 3.44. The molecule has 0 bridgehead atoms. The average molecular weight is 466 g/mol. The Balaban J connectivity index is 1.56. The van der Waals surface area contributed by atoms with Gasteiger partial charge in [-0.05, 0) is 68.3 Å². The van der Waals surface area contributed by atoms with Crippen molar-refractivity contribution >= 4 is 39.3 Å². The number of anilines is 1. The number of ether oxygens (including phenoxy) is 1. The smallest absolute Gasteiger partial charge is 0.409 e. The molecule has 1 aliphatic rings. The number of nitrogens with zero attached hydrogens (tertiary/aromatic N) is 1. The highest BCUT2D eigenvalue weighted by atomic mass is 35.5. The third kappa shape index (κ3) is 6.11. The van der Waals surface area contributed by atoms with E-state index in [9.17, 15) is 18.0 Å². The molecular formula is C21H24ClN3O5S. The second-order valence-corrected chi connectivity index (χ2v) is 9.19. The van der Waals surface area contributed by atoms with Gasteiger partial charge >= 0.3 is 6.09 Å². The lowest BCUT2D eigenvalue weighted by atomic mass is 10.0. The van der Waals surface area contributed by atoms with Crippen LogP contribution in [0.5, 0.6) is 0 Å². The predicted octanol–water partition coefficient (Wildman–Crippen LogP) is 3.49. The van der Waals surface area contributed by atoms with Gasteiger partial charge in [0.15, 0.2) is 0 Å². The molecule has 10 heteroatoms. The van der Waals surface area contributed by atoms with E-state index >= 15 is 0 Å². The van der Waals surface area contributed by atoms with Crippen molar-refractivity contribution in [3.8, 4) is 0 Å². The number of carbonyl (C=O) groups is 2. The number of sulfonamides is 1. The summed E-state index contributed by atoms with van der Waals surface area (Å²) in [4.78, 5) is 25.9. The van der Waals surface area contributed by atoms with Gasteiger partial charge in [-0.3, -0.25) is 9.52 Å². The highest BCUT2D eigenvalue weighted by Gasteiger charge is 2.25. The molecule has 2 amide bonds. The summed E-state index contributed by atoms with van der Waals surface area (Å²) in [6.45, 7) is 3.11. The number of hydrogen-bond acceptors (Lipinski definition) is 5. The van der Waals surface area contributed by atoms with E-state index in [1.165, 1.54) is 24.3 Å². The fraction of sp³-hybridized carbons (Fsp3) is 0.333. The first-order chi connectivity index (χ1) is 14.8. The Hall–Kier alpha value is -2.78. The fourth-order valence-corrected chi connectivity index (χ4v) is 4.39. The van der Waals surface area contributed by atoms with Crippen molar-refractivity contribution in [2.45, 2.75) is 30.7 Å². The van der Waals surface area contributed by atoms with E-state index in [1.54, 1.807) is 36.1 Å². The van der Waals surface area contributed by atoms with Crippen LogP contribution in [0.3, 0.4) is 0 Å². The summed E-state index contributed by atoms with van der Waals surface area (Å²) in [6.07, 6.45) is 0.917. The molecule has 1 fully saturated rings. The molecule has 0 aliphatic carbocycles. The van der Waals surface area contributed by atoms with Crippen LogP contribution in [0.25, 0.3) is 0 Å². The van der Waals surface area contributed by atoms with Gasteiger partial charge in [0.05, 0.1) is 11.5 Å². The van der Waals surface area contributed by atoms with E-state index in [0.717, 1.165) is 0 Å². The van der Waals surface area contributed by atoms with Gasteiger partial charge in [0.25, 0.3) is 15.9 Å². The zero-order valence-electron chi connectivity index (χ0n) is 17.0. The molecule has 3 rings (SSSR count). The number of hydrogen-bond donors (Lipinski definition) is 2. The molecule has 0 unspecified atom stereocenters. The topological polar surface area (TPSA) is 105 Å². The van der Waals surface area contributed by atoms with Crippen molar-refractivity contribution in [3.05, 3.63) is 59.1 Å². The SMILES string of the molecule is CCOC(=O)N1CCC(NC(=O)c2ccc(S(=O)(=O)Nc3ccc(Cl)cc3)cc2)CC1. The van der Waals surface area contributed by atoms with Gasteiger partial charge in [0.1, 0.15) is 0 Å². The molecule has 31 heavy (non-hydrogen) atoms. The number of rotatable bonds is 6. The van der Waals surface area contributed by atoms with Crippen molar-refractivity contribution in [2.75, 3.05) is 24.4 Å². The molecular weight excluding hydrogens is 442 g/mol. The van der Waals surface area contributed by atoms with Gasteiger partial charge in [-0.25, -0.2) is 13.2 Å². The molecule has 2 aromatic carbocycles. The van der Waals surface area contributed by atoms with Crippen LogP contribution in [-0.4, -0.2) is 51.1 Å². The van der Waals surface area contributed by atoms with Gasteiger partial charge in [0.2, 0.25) is 0 Å². The Kier molecular flexibility index (Phi) is 7.40. The van der Waals surface area contributed by atoms with E-state index < -0.39 is 10.0 Å². The van der Waals surface area contributed by atoms with E-state index in [4.69, 9.17) is 16.3 Å². The Labute approximate surface area is 186 Å². The molecule has 2 N–H and O–H groups in total. The van der Waals surface area contributed by atoms with Crippen LogP contribution in [0.15, 0.2) is 53.4 Å². The van der Waals surface area contributed by atoms with E-state index in [2.05, 4.69) is 10.0 Å². The molecule has 0 spiro atoms. The van der Waals surface area contributed by atoms with Crippen LogP contribution in [0.1, 0.15) is 30.1 Å². The van der Waals surface area contributed by atoms with E-state index in [1.807, 2.05) is 0 Å². The van der Waals surface area contributed by atoms with Gasteiger partial charge in [-0.1, -0.05) is 11.6 Å². The molecule has 1 saturated heterocycles. The number of piperidine rings is 1. The van der Waals surface area contributed by atoms with Crippen molar-refractivity contribution in [3.63, 3.8) is 0 Å². The normalized spacial score (nSPS) is 14.7. The highest BCUT2D eigenvalue weighted by Crippen LogP contribution is 2.19. The number of benzene rings is 2. The largest absolute Gasteiger partial charge is 0.450 e. The maximum Gasteiger partial charge on any atom is 0.409 e. The summed E-state index contributed by atoms with van der Waals surface area (Å²) < 4.78 is 32.5. The number of likely N-dealkylation sites (tertiary alicyclic amines) is 1. The molecule has 2 aromatic rings. The number of amides is 2. The van der Waals surface area contributed by atoms with Crippen LogP contribution in [0.4, 0.5) is 10.5 Å². The first-order valence-corrected chi connectivity index (χ1v) is 11.8. The second-order valence-electron chi connectivity index (χ2n) is 7.07. The van der Waals surface area contributed by atoms with E-state index in [-0.39, 0.29) is 22.9 Å². The minimum Gasteiger partial charge on any atom is -0.450 e. The molecule has 0 radical (unpaired) electrons. The third-order valence-corrected chi connectivity index (χ3v) is 6.53. The summed E-state index contributed by atoms with van der Waals surface area (Å²) in [5.74, 6) is -0.288. The van der Waals surface area contributed by atoms with Crippen molar-refractivity contribution in [1.29, 1.82) is 0 Å². The Morgan fingerprint density at radius 1 is 1.06 bits per heavy atom. The Morgan fingerprint density at radius 3 is 2.26 bits per heavy atom. The van der Waals surface area contributed by atoms with Gasteiger partial charge < -0.3 is 15.0 Å². The molecule has 1 heterocycles. The van der Waals surface area contributed by atoms with Crippen molar-refractivity contribution in [2.24, 2.45) is 0 Å². The third-order valence-electron chi connectivity index (χ3n) is 4.88. The lowest BCUT2D eigenvalue weighted by Crippen LogP contribution is -2.46. The fourth-order valence-electron chi connectivity index (χ4n) is 3.21. The van der Waals surface area contributed by atoms with Crippen molar-refractivity contribution in [1.82, 2.24) is 10.2 Å². The lowest BCUT2D eigenvalue weighted by molar-refractivity contribution is 0.0860. The molecule has 8 nitrogen and oxygen atoms in total. The van der Waals surface area contributed by atoms with E-state index in [0.29, 0.717) is 48.8 Å². The highest BCUT2D eigenvalue weighted by molar-refractivity contribution is 7.92. The average Bonchev–Trinajstić information content (AvgIpc) is 2.76. The van der Waals surface area contributed by atoms with Crippen LogP contribution in [0, 0.1) is 0 Å². The molecule has 166 valence electrons. The van der Waals surface area contributed by atoms with Gasteiger partial charge in [0, 0.05) is 35.4 Å². The van der Waals surface area contributed by atoms with Crippen LogP contribution in [-0.2, 0) is 14.8 Å². The molecule has 0 saturated carbocycles. The Bertz CT molecular complexity index is 1020. The predicted molar refractivity (Wildman–Crippen MR) is 118 cm³/mol. The van der Waals surface area contributed by atoms with Crippen LogP contribution < -0.4 is 10.0 Å². The Morgan fingerprint density at radius 2 is 1.68 bits per heavy atom. The first-order valence-electron chi connectivity index (χ1n) is 9.89. The molecule has 0 aromatic heterocycles. The quantitative estimate of drug-likeness (QED) is 0.679. The maximum atomic E-state index is 12.5. The summed E-state index contributed by atoms with van der Waals surface area (Å²) >= 11 is 5.81. The van der Waals surface area contributed by atoms with Crippen LogP contribution >= 0.6 is 11.6 Å². The minimum atomic E-state index is -3.79. The number of nitrogens with one attached hydrogen (secondary N) is 2. The lowest BCUT2D eigenvalue weighted by Gasteiger charge is -2.31. The van der Waals surface area contributed by atoms with Crippen molar-refractivity contribution < 1.29 is 22.7 Å². The second kappa shape index (κ2) is 10.0. The molecule has 1 aliphatic heterocycles. The summed E-state index contributed by atoms with van der Waals surface area (Å²) in [5.41, 5.74) is 0.749. The summed E-state index contributed by atoms with van der Waals surface area (Å²) in [6, 6.07) is 12.0. The standard InChI is InChI=1S/C21H24ClN3O5S/c1-2-30-21(27)25-13-11-17(12-14-25)23-20(26)15-3-9-19(10-4-15)31(28,29)24-18-7-5-16(22)6-8-18/h3-10,17,24H,2,11-14H2,1H3,(H,23,26). The van der Waals surface area contributed by atoms with Gasteiger partial charge in [-0.15, -0.1) is 0 Å². The minimum absolute atomic E-state index is 0.0433. The van der Waals surface area contributed by atoms with Crippen LogP contribution in [0.2, 0.25) is 5.02 Å².